The van der Waals surface area contributed by atoms with Gasteiger partial charge in [0.2, 0.25) is 11.8 Å². The first-order valence-electron chi connectivity index (χ1n) is 8.08. The molecule has 1 saturated carbocycles. The first kappa shape index (κ1) is 15.5. The van der Waals surface area contributed by atoms with E-state index < -0.39 is 0 Å². The van der Waals surface area contributed by atoms with Crippen LogP contribution in [0.3, 0.4) is 0 Å². The number of amides is 2. The molecule has 2 amide bonds. The summed E-state index contributed by atoms with van der Waals surface area (Å²) in [6.45, 7) is 6.36. The fourth-order valence-electron chi connectivity index (χ4n) is 3.47. The van der Waals surface area contributed by atoms with Gasteiger partial charge >= 0.3 is 0 Å². The first-order valence-corrected chi connectivity index (χ1v) is 8.96. The van der Waals surface area contributed by atoms with Crippen LogP contribution in [-0.2, 0) is 16.1 Å². The van der Waals surface area contributed by atoms with Gasteiger partial charge in [-0.1, -0.05) is 19.9 Å². The second-order valence-electron chi connectivity index (χ2n) is 7.08. The van der Waals surface area contributed by atoms with Gasteiger partial charge in [0.25, 0.3) is 0 Å². The Morgan fingerprint density at radius 1 is 1.50 bits per heavy atom. The molecule has 0 bridgehead atoms. The van der Waals surface area contributed by atoms with Crippen molar-refractivity contribution in [3.05, 3.63) is 22.4 Å². The van der Waals surface area contributed by atoms with E-state index in [0.717, 1.165) is 25.9 Å². The van der Waals surface area contributed by atoms with Gasteiger partial charge in [0.05, 0.1) is 6.54 Å². The molecule has 4 nitrogen and oxygen atoms in total. The van der Waals surface area contributed by atoms with Crippen LogP contribution >= 0.6 is 11.3 Å². The fraction of sp³-hybridized carbons (Fsp3) is 0.647. The van der Waals surface area contributed by atoms with Gasteiger partial charge in [0.1, 0.15) is 0 Å². The lowest BCUT2D eigenvalue weighted by atomic mass is 10.0. The van der Waals surface area contributed by atoms with Crippen molar-refractivity contribution in [3.8, 4) is 0 Å². The molecule has 0 radical (unpaired) electrons. The summed E-state index contributed by atoms with van der Waals surface area (Å²) in [5.74, 6) is 0.903. The summed E-state index contributed by atoms with van der Waals surface area (Å²) in [6, 6.07) is 4.04. The van der Waals surface area contributed by atoms with Gasteiger partial charge in [-0.05, 0) is 30.2 Å². The summed E-state index contributed by atoms with van der Waals surface area (Å²) in [6.07, 6.45) is 2.54. The van der Waals surface area contributed by atoms with Crippen molar-refractivity contribution in [1.82, 2.24) is 10.2 Å². The number of nitrogens with zero attached hydrogens (tertiary/aromatic N) is 1. The van der Waals surface area contributed by atoms with Gasteiger partial charge in [0.15, 0.2) is 0 Å². The van der Waals surface area contributed by atoms with Gasteiger partial charge in [-0.2, -0.15) is 0 Å². The van der Waals surface area contributed by atoms with Crippen LogP contribution in [0.5, 0.6) is 0 Å². The largest absolute Gasteiger partial charge is 0.351 e. The van der Waals surface area contributed by atoms with Crippen molar-refractivity contribution in [2.45, 2.75) is 39.7 Å². The third kappa shape index (κ3) is 3.19. The summed E-state index contributed by atoms with van der Waals surface area (Å²) in [5, 5.41) is 5.07. The molecule has 2 atom stereocenters. The Bertz CT molecular complexity index is 555. The van der Waals surface area contributed by atoms with Gasteiger partial charge in [-0.3, -0.25) is 9.59 Å². The average Bonchev–Trinajstić information content (AvgIpc) is 2.81. The molecule has 2 heterocycles. The van der Waals surface area contributed by atoms with E-state index in [4.69, 9.17) is 0 Å². The first-order chi connectivity index (χ1) is 10.5. The lowest BCUT2D eigenvalue weighted by Crippen LogP contribution is -2.31. The Hall–Kier alpha value is -1.36. The van der Waals surface area contributed by atoms with Crippen LogP contribution in [0.2, 0.25) is 0 Å². The highest BCUT2D eigenvalue weighted by atomic mass is 32.1. The number of hydrogen-bond acceptors (Lipinski definition) is 3. The highest BCUT2D eigenvalue weighted by Crippen LogP contribution is 2.58. The van der Waals surface area contributed by atoms with Crippen molar-refractivity contribution in [1.29, 1.82) is 0 Å². The maximum absolute atomic E-state index is 12.3. The van der Waals surface area contributed by atoms with Crippen LogP contribution in [0.25, 0.3) is 0 Å². The Kier molecular flexibility index (Phi) is 4.26. The minimum absolute atomic E-state index is 0.0756. The summed E-state index contributed by atoms with van der Waals surface area (Å²) < 4.78 is 0. The van der Waals surface area contributed by atoms with Crippen molar-refractivity contribution in [2.24, 2.45) is 17.3 Å². The van der Waals surface area contributed by atoms with E-state index in [1.165, 1.54) is 4.88 Å². The third-order valence-electron chi connectivity index (χ3n) is 4.84. The van der Waals surface area contributed by atoms with E-state index in [2.05, 4.69) is 19.2 Å². The van der Waals surface area contributed by atoms with Crippen LogP contribution in [-0.4, -0.2) is 29.8 Å². The van der Waals surface area contributed by atoms with Crippen molar-refractivity contribution in [2.75, 3.05) is 13.1 Å². The average molecular weight is 320 g/mol. The second kappa shape index (κ2) is 6.03. The molecule has 2 fully saturated rings. The summed E-state index contributed by atoms with van der Waals surface area (Å²) in [5.41, 5.74) is 0.0756. The fourth-order valence-corrected chi connectivity index (χ4v) is 4.11. The van der Waals surface area contributed by atoms with Crippen LogP contribution < -0.4 is 5.32 Å². The molecule has 22 heavy (non-hydrogen) atoms. The summed E-state index contributed by atoms with van der Waals surface area (Å²) >= 11 is 1.66. The van der Waals surface area contributed by atoms with Crippen molar-refractivity contribution < 1.29 is 9.59 Å². The Balaban J connectivity index is 1.49. The molecule has 1 aromatic heterocycles. The van der Waals surface area contributed by atoms with Gasteiger partial charge in [-0.15, -0.1) is 11.3 Å². The van der Waals surface area contributed by atoms with Gasteiger partial charge < -0.3 is 10.2 Å². The van der Waals surface area contributed by atoms with Gasteiger partial charge in [0, 0.05) is 35.7 Å². The van der Waals surface area contributed by atoms with E-state index in [1.54, 1.807) is 11.3 Å². The molecule has 1 N–H and O–H groups in total. The molecule has 1 aromatic rings. The number of hydrogen-bond donors (Lipinski definition) is 1. The topological polar surface area (TPSA) is 49.4 Å². The smallest absolute Gasteiger partial charge is 0.224 e. The Labute approximate surface area is 135 Å². The molecular formula is C17H24N2O2S. The number of likely N-dealkylation sites (tertiary alicyclic amines) is 1. The normalized spacial score (nSPS) is 26.7. The zero-order valence-electron chi connectivity index (χ0n) is 13.3. The van der Waals surface area contributed by atoms with Crippen molar-refractivity contribution in [3.63, 3.8) is 0 Å². The minimum Gasteiger partial charge on any atom is -0.351 e. The molecular weight excluding hydrogens is 296 g/mol. The van der Waals surface area contributed by atoms with Crippen molar-refractivity contribution >= 4 is 23.2 Å². The van der Waals surface area contributed by atoms with Crippen LogP contribution in [0.1, 0.15) is 38.0 Å². The third-order valence-corrected chi connectivity index (χ3v) is 5.72. The quantitative estimate of drug-likeness (QED) is 0.907. The molecule has 1 aliphatic carbocycles. The number of nitrogens with one attached hydrogen (secondary N) is 1. The van der Waals surface area contributed by atoms with E-state index in [0.29, 0.717) is 18.9 Å². The molecule has 5 heteroatoms. The molecule has 1 aliphatic heterocycles. The minimum atomic E-state index is 0.0756. The summed E-state index contributed by atoms with van der Waals surface area (Å²) in [4.78, 5) is 27.6. The number of carbonyl (C=O) groups excluding carboxylic acids is 2. The zero-order valence-corrected chi connectivity index (χ0v) is 14.1. The Morgan fingerprint density at radius 3 is 3.00 bits per heavy atom. The number of rotatable bonds is 5. The van der Waals surface area contributed by atoms with Crippen LogP contribution in [0, 0.1) is 17.3 Å². The number of thiophene rings is 1. The van der Waals surface area contributed by atoms with Gasteiger partial charge in [-0.25, -0.2) is 0 Å². The molecule has 0 unspecified atom stereocenters. The SMILES string of the molecule is CC(C)CC(=O)N1CC[C@@]2(C[C@H]2C(=O)NCc2cccs2)C1. The van der Waals surface area contributed by atoms with E-state index in [1.807, 2.05) is 22.4 Å². The standard InChI is InChI=1S/C17H24N2O2S/c1-12(2)8-15(20)19-6-5-17(11-19)9-14(17)16(21)18-10-13-4-3-7-22-13/h3-4,7,12,14H,5-6,8-11H2,1-2H3,(H,18,21)/t14-,17+/m0/s1. The number of carbonyl (C=O) groups is 2. The zero-order chi connectivity index (χ0) is 15.7. The Morgan fingerprint density at radius 2 is 2.32 bits per heavy atom. The van der Waals surface area contributed by atoms with E-state index >= 15 is 0 Å². The van der Waals surface area contributed by atoms with Crippen LogP contribution in [0.15, 0.2) is 17.5 Å². The maximum Gasteiger partial charge on any atom is 0.224 e. The monoisotopic (exact) mass is 320 g/mol. The highest BCUT2D eigenvalue weighted by Gasteiger charge is 2.61. The lowest BCUT2D eigenvalue weighted by Gasteiger charge is -2.18. The highest BCUT2D eigenvalue weighted by molar-refractivity contribution is 7.09. The second-order valence-corrected chi connectivity index (χ2v) is 8.11. The van der Waals surface area contributed by atoms with E-state index in [9.17, 15) is 9.59 Å². The predicted molar refractivity (Wildman–Crippen MR) is 87.4 cm³/mol. The molecule has 2 aliphatic rings. The molecule has 0 aromatic carbocycles. The lowest BCUT2D eigenvalue weighted by molar-refractivity contribution is -0.131. The van der Waals surface area contributed by atoms with E-state index in [-0.39, 0.29) is 23.1 Å². The molecule has 3 rings (SSSR count). The molecule has 1 spiro atoms. The van der Waals surface area contributed by atoms with Crippen LogP contribution in [0.4, 0.5) is 0 Å². The predicted octanol–water partition coefficient (Wildman–Crippen LogP) is 2.65. The molecule has 1 saturated heterocycles. The summed E-state index contributed by atoms with van der Waals surface area (Å²) in [7, 11) is 0. The molecule has 120 valence electrons. The maximum atomic E-state index is 12.3.